The Labute approximate surface area is 105 Å². The number of carbonyl (C=O) groups is 1. The van der Waals surface area contributed by atoms with Crippen molar-refractivity contribution in [2.45, 2.75) is 12.6 Å². The van der Waals surface area contributed by atoms with Gasteiger partial charge in [0.2, 0.25) is 0 Å². The number of nitrogens with zero attached hydrogens (tertiary/aromatic N) is 1. The van der Waals surface area contributed by atoms with Crippen molar-refractivity contribution in [1.29, 1.82) is 0 Å². The van der Waals surface area contributed by atoms with Gasteiger partial charge in [0.1, 0.15) is 6.04 Å². The Morgan fingerprint density at radius 3 is 2.94 bits per heavy atom. The molecule has 1 atom stereocenters. The monoisotopic (exact) mass is 247 g/mol. The molecular formula is C13H17N3O2. The predicted molar refractivity (Wildman–Crippen MR) is 70.2 cm³/mol. The number of aryl methyl sites for hydroxylation is 1. The molecule has 0 saturated heterocycles. The quantitative estimate of drug-likeness (QED) is 0.726. The third kappa shape index (κ3) is 2.52. The Morgan fingerprint density at radius 2 is 2.22 bits per heavy atom. The van der Waals surface area contributed by atoms with Crippen LogP contribution in [0.15, 0.2) is 30.5 Å². The summed E-state index contributed by atoms with van der Waals surface area (Å²) in [6, 6.07) is 7.25. The van der Waals surface area contributed by atoms with Crippen molar-refractivity contribution in [2.24, 2.45) is 12.8 Å². The van der Waals surface area contributed by atoms with Crippen LogP contribution in [0.25, 0.3) is 10.9 Å². The number of para-hydroxylation sites is 1. The second-order valence-electron chi connectivity index (χ2n) is 4.36. The first-order valence-corrected chi connectivity index (χ1v) is 5.81. The zero-order valence-corrected chi connectivity index (χ0v) is 10.3. The average molecular weight is 247 g/mol. The average Bonchev–Trinajstić information content (AvgIpc) is 2.67. The normalized spacial score (nSPS) is 12.8. The van der Waals surface area contributed by atoms with E-state index in [2.05, 4.69) is 22.0 Å². The number of nitrogens with two attached hydrogens (primary N) is 1. The van der Waals surface area contributed by atoms with E-state index in [1.54, 1.807) is 0 Å². The number of fused-ring (bicyclic) bond motifs is 1. The maximum atomic E-state index is 10.6. The van der Waals surface area contributed by atoms with Crippen LogP contribution in [0.4, 0.5) is 0 Å². The standard InChI is InChI=1S/C13H17N3O2/c1-16-8-9(6-15-7-11(14)13(17)18)10-4-2-3-5-12(10)16/h2-5,8,11,15H,6-7,14H2,1H3,(H,17,18). The van der Waals surface area contributed by atoms with Crippen molar-refractivity contribution < 1.29 is 9.90 Å². The fourth-order valence-electron chi connectivity index (χ4n) is 2.02. The third-order valence-corrected chi connectivity index (χ3v) is 2.98. The Hall–Kier alpha value is -1.85. The van der Waals surface area contributed by atoms with Gasteiger partial charge in [-0.25, -0.2) is 0 Å². The van der Waals surface area contributed by atoms with Crippen LogP contribution < -0.4 is 11.1 Å². The molecule has 18 heavy (non-hydrogen) atoms. The summed E-state index contributed by atoms with van der Waals surface area (Å²) in [7, 11) is 1.99. The van der Waals surface area contributed by atoms with Crippen molar-refractivity contribution in [3.05, 3.63) is 36.0 Å². The van der Waals surface area contributed by atoms with Gasteiger partial charge < -0.3 is 20.7 Å². The van der Waals surface area contributed by atoms with Gasteiger partial charge in [-0.3, -0.25) is 4.79 Å². The predicted octanol–water partition coefficient (Wildman–Crippen LogP) is 0.680. The van der Waals surface area contributed by atoms with Crippen molar-refractivity contribution in [3.8, 4) is 0 Å². The van der Waals surface area contributed by atoms with Crippen LogP contribution in [-0.4, -0.2) is 28.2 Å². The van der Waals surface area contributed by atoms with Crippen LogP contribution in [0.1, 0.15) is 5.56 Å². The molecule has 2 rings (SSSR count). The molecule has 1 heterocycles. The summed E-state index contributed by atoms with van der Waals surface area (Å²) in [5.74, 6) is -0.986. The molecular weight excluding hydrogens is 230 g/mol. The highest BCUT2D eigenvalue weighted by atomic mass is 16.4. The number of hydrogen-bond acceptors (Lipinski definition) is 3. The SMILES string of the molecule is Cn1cc(CNCC(N)C(=O)O)c2ccccc21. The van der Waals surface area contributed by atoms with Crippen LogP contribution in [0.3, 0.4) is 0 Å². The van der Waals surface area contributed by atoms with Gasteiger partial charge in [0.05, 0.1) is 0 Å². The van der Waals surface area contributed by atoms with E-state index < -0.39 is 12.0 Å². The van der Waals surface area contributed by atoms with Gasteiger partial charge in [-0.15, -0.1) is 0 Å². The minimum absolute atomic E-state index is 0.262. The first-order valence-electron chi connectivity index (χ1n) is 5.81. The van der Waals surface area contributed by atoms with E-state index >= 15 is 0 Å². The van der Waals surface area contributed by atoms with Gasteiger partial charge >= 0.3 is 5.97 Å². The molecule has 1 aromatic carbocycles. The van der Waals surface area contributed by atoms with Crippen molar-refractivity contribution in [2.75, 3.05) is 6.54 Å². The summed E-state index contributed by atoms with van der Waals surface area (Å²) in [6.45, 7) is 0.876. The highest BCUT2D eigenvalue weighted by Gasteiger charge is 2.11. The lowest BCUT2D eigenvalue weighted by atomic mass is 10.2. The second-order valence-corrected chi connectivity index (χ2v) is 4.36. The van der Waals surface area contributed by atoms with Crippen LogP contribution in [0.2, 0.25) is 0 Å². The molecule has 0 aliphatic heterocycles. The highest BCUT2D eigenvalue weighted by molar-refractivity contribution is 5.83. The lowest BCUT2D eigenvalue weighted by molar-refractivity contribution is -0.138. The maximum Gasteiger partial charge on any atom is 0.321 e. The number of carboxylic acids is 1. The summed E-state index contributed by atoms with van der Waals surface area (Å²) in [5, 5.41) is 12.9. The minimum Gasteiger partial charge on any atom is -0.480 e. The van der Waals surface area contributed by atoms with Gasteiger partial charge in [0.25, 0.3) is 0 Å². The summed E-state index contributed by atoms with van der Waals surface area (Å²) in [5.41, 5.74) is 7.74. The molecule has 0 spiro atoms. The molecule has 0 radical (unpaired) electrons. The first-order chi connectivity index (χ1) is 8.59. The molecule has 5 heteroatoms. The minimum atomic E-state index is -0.986. The summed E-state index contributed by atoms with van der Waals surface area (Å²) in [6.07, 6.45) is 2.05. The van der Waals surface area contributed by atoms with E-state index in [1.165, 1.54) is 5.39 Å². The van der Waals surface area contributed by atoms with E-state index in [4.69, 9.17) is 10.8 Å². The molecule has 0 fully saturated rings. The smallest absolute Gasteiger partial charge is 0.321 e. The number of benzene rings is 1. The van der Waals surface area contributed by atoms with E-state index in [1.807, 2.05) is 25.4 Å². The summed E-state index contributed by atoms with van der Waals surface area (Å²) >= 11 is 0. The molecule has 5 nitrogen and oxygen atoms in total. The van der Waals surface area contributed by atoms with Crippen LogP contribution in [-0.2, 0) is 18.4 Å². The van der Waals surface area contributed by atoms with Crippen molar-refractivity contribution >= 4 is 16.9 Å². The molecule has 0 saturated carbocycles. The van der Waals surface area contributed by atoms with E-state index in [0.29, 0.717) is 6.54 Å². The van der Waals surface area contributed by atoms with Gasteiger partial charge in [-0.05, 0) is 11.6 Å². The fraction of sp³-hybridized carbons (Fsp3) is 0.308. The summed E-state index contributed by atoms with van der Waals surface area (Å²) in [4.78, 5) is 10.6. The molecule has 1 aromatic heterocycles. The maximum absolute atomic E-state index is 10.6. The molecule has 0 aliphatic carbocycles. The lowest BCUT2D eigenvalue weighted by Crippen LogP contribution is -2.40. The van der Waals surface area contributed by atoms with Gasteiger partial charge in [0.15, 0.2) is 0 Å². The number of aromatic nitrogens is 1. The van der Waals surface area contributed by atoms with E-state index in [0.717, 1.165) is 11.1 Å². The number of aliphatic carboxylic acids is 1. The van der Waals surface area contributed by atoms with Gasteiger partial charge in [-0.2, -0.15) is 0 Å². The topological polar surface area (TPSA) is 80.3 Å². The zero-order chi connectivity index (χ0) is 13.1. The zero-order valence-electron chi connectivity index (χ0n) is 10.3. The number of carboxylic acid groups (broad SMARTS) is 1. The first kappa shape index (κ1) is 12.6. The summed E-state index contributed by atoms with van der Waals surface area (Å²) < 4.78 is 2.06. The molecule has 2 aromatic rings. The molecule has 0 amide bonds. The molecule has 0 aliphatic rings. The Balaban J connectivity index is 2.06. The second kappa shape index (κ2) is 5.20. The number of hydrogen-bond donors (Lipinski definition) is 3. The Kier molecular flexibility index (Phi) is 3.64. The van der Waals surface area contributed by atoms with Crippen molar-refractivity contribution in [3.63, 3.8) is 0 Å². The highest BCUT2D eigenvalue weighted by Crippen LogP contribution is 2.19. The van der Waals surface area contributed by atoms with Crippen molar-refractivity contribution in [1.82, 2.24) is 9.88 Å². The lowest BCUT2D eigenvalue weighted by Gasteiger charge is -2.07. The Bertz CT molecular complexity index is 562. The van der Waals surface area contributed by atoms with Crippen LogP contribution in [0.5, 0.6) is 0 Å². The number of nitrogens with one attached hydrogen (secondary N) is 1. The van der Waals surface area contributed by atoms with E-state index in [-0.39, 0.29) is 6.54 Å². The van der Waals surface area contributed by atoms with Crippen LogP contribution in [0, 0.1) is 0 Å². The number of rotatable bonds is 5. The van der Waals surface area contributed by atoms with Gasteiger partial charge in [0, 0.05) is 37.2 Å². The third-order valence-electron chi connectivity index (χ3n) is 2.98. The fourth-order valence-corrected chi connectivity index (χ4v) is 2.02. The van der Waals surface area contributed by atoms with Crippen LogP contribution >= 0.6 is 0 Å². The molecule has 96 valence electrons. The van der Waals surface area contributed by atoms with E-state index in [9.17, 15) is 4.79 Å². The Morgan fingerprint density at radius 1 is 1.50 bits per heavy atom. The molecule has 0 bridgehead atoms. The molecule has 4 N–H and O–H groups in total. The largest absolute Gasteiger partial charge is 0.480 e. The molecule has 1 unspecified atom stereocenters. The van der Waals surface area contributed by atoms with Gasteiger partial charge in [-0.1, -0.05) is 18.2 Å².